The van der Waals surface area contributed by atoms with Crippen LogP contribution in [0.5, 0.6) is 11.6 Å². The average molecular weight is 256 g/mol. The second-order valence-electron chi connectivity index (χ2n) is 3.56. The molecule has 2 rings (SSSR count). The fourth-order valence-electron chi connectivity index (χ4n) is 1.47. The molecule has 0 atom stereocenters. The predicted molar refractivity (Wildman–Crippen MR) is 66.5 cm³/mol. The molecule has 0 aliphatic carbocycles. The van der Waals surface area contributed by atoms with Gasteiger partial charge in [0.2, 0.25) is 0 Å². The van der Waals surface area contributed by atoms with Crippen LogP contribution in [0.2, 0.25) is 0 Å². The Morgan fingerprint density at radius 1 is 1.42 bits per heavy atom. The molecule has 7 heteroatoms. The van der Waals surface area contributed by atoms with Gasteiger partial charge in [0.15, 0.2) is 0 Å². The van der Waals surface area contributed by atoms with E-state index in [-0.39, 0.29) is 11.4 Å². The van der Waals surface area contributed by atoms with E-state index >= 15 is 0 Å². The van der Waals surface area contributed by atoms with Crippen molar-refractivity contribution in [3.8, 4) is 17.7 Å². The maximum Gasteiger partial charge on any atom is 0.348 e. The SMILES string of the molecule is N#Cc1ccnc(Oc2cccc(N)c2)c1[N+](=O)[O-]. The van der Waals surface area contributed by atoms with Gasteiger partial charge >= 0.3 is 11.6 Å². The van der Waals surface area contributed by atoms with Gasteiger partial charge in [0.05, 0.1) is 4.92 Å². The maximum absolute atomic E-state index is 11.0. The molecule has 0 spiro atoms. The van der Waals surface area contributed by atoms with Crippen molar-refractivity contribution < 1.29 is 9.66 Å². The van der Waals surface area contributed by atoms with Crippen molar-refractivity contribution in [3.63, 3.8) is 0 Å². The third-order valence-corrected chi connectivity index (χ3v) is 2.27. The lowest BCUT2D eigenvalue weighted by atomic mass is 10.2. The minimum Gasteiger partial charge on any atom is -0.434 e. The fraction of sp³-hybridized carbons (Fsp3) is 0. The van der Waals surface area contributed by atoms with Crippen LogP contribution in [-0.4, -0.2) is 9.91 Å². The number of benzene rings is 1. The zero-order chi connectivity index (χ0) is 13.8. The van der Waals surface area contributed by atoms with E-state index in [4.69, 9.17) is 15.7 Å². The number of nitrogens with zero attached hydrogens (tertiary/aromatic N) is 3. The van der Waals surface area contributed by atoms with Crippen molar-refractivity contribution >= 4 is 11.4 Å². The molecular formula is C12H8N4O3. The van der Waals surface area contributed by atoms with Gasteiger partial charge in [-0.25, -0.2) is 4.98 Å². The van der Waals surface area contributed by atoms with Crippen molar-refractivity contribution in [2.75, 3.05) is 5.73 Å². The summed E-state index contributed by atoms with van der Waals surface area (Å²) in [6.07, 6.45) is 1.27. The van der Waals surface area contributed by atoms with E-state index in [0.717, 1.165) is 0 Å². The number of nitriles is 1. The van der Waals surface area contributed by atoms with Crippen LogP contribution in [0.15, 0.2) is 36.5 Å². The Balaban J connectivity index is 2.46. The highest BCUT2D eigenvalue weighted by Gasteiger charge is 2.23. The van der Waals surface area contributed by atoms with E-state index in [9.17, 15) is 10.1 Å². The van der Waals surface area contributed by atoms with E-state index in [1.165, 1.54) is 18.3 Å². The molecule has 0 aliphatic heterocycles. The molecule has 0 unspecified atom stereocenters. The summed E-state index contributed by atoms with van der Waals surface area (Å²) < 4.78 is 5.31. The highest BCUT2D eigenvalue weighted by molar-refractivity contribution is 5.56. The number of rotatable bonds is 3. The van der Waals surface area contributed by atoms with Crippen LogP contribution in [0.3, 0.4) is 0 Å². The van der Waals surface area contributed by atoms with Crippen molar-refractivity contribution in [1.29, 1.82) is 5.26 Å². The molecule has 0 bridgehead atoms. The standard InChI is InChI=1S/C12H8N4O3/c13-7-8-4-5-15-12(11(8)16(17)18)19-10-3-1-2-9(14)6-10/h1-6H,14H2. The molecule has 0 fully saturated rings. The molecule has 1 aromatic carbocycles. The topological polar surface area (TPSA) is 115 Å². The minimum atomic E-state index is -0.701. The maximum atomic E-state index is 11.0. The van der Waals surface area contributed by atoms with Gasteiger partial charge in [0.1, 0.15) is 17.4 Å². The molecule has 0 radical (unpaired) electrons. The molecular weight excluding hydrogens is 248 g/mol. The Kier molecular flexibility index (Phi) is 3.25. The Morgan fingerprint density at radius 2 is 2.21 bits per heavy atom. The second kappa shape index (κ2) is 5.01. The predicted octanol–water partition coefficient (Wildman–Crippen LogP) is 2.24. The molecule has 2 aromatic rings. The summed E-state index contributed by atoms with van der Waals surface area (Å²) in [5, 5.41) is 19.8. The number of pyridine rings is 1. The van der Waals surface area contributed by atoms with Crippen molar-refractivity contribution in [2.24, 2.45) is 0 Å². The van der Waals surface area contributed by atoms with Gasteiger partial charge in [0.25, 0.3) is 0 Å². The normalized spacial score (nSPS) is 9.63. The first-order chi connectivity index (χ1) is 9.11. The second-order valence-corrected chi connectivity index (χ2v) is 3.56. The first kappa shape index (κ1) is 12.3. The van der Waals surface area contributed by atoms with Gasteiger partial charge in [-0.05, 0) is 18.2 Å². The Morgan fingerprint density at radius 3 is 2.84 bits per heavy atom. The molecule has 0 aliphatic rings. The van der Waals surface area contributed by atoms with Crippen LogP contribution in [0, 0.1) is 21.4 Å². The monoisotopic (exact) mass is 256 g/mol. The molecule has 1 aromatic heterocycles. The minimum absolute atomic E-state index is 0.112. The van der Waals surface area contributed by atoms with Crippen LogP contribution in [0.25, 0.3) is 0 Å². The number of nitrogens with two attached hydrogens (primary N) is 1. The summed E-state index contributed by atoms with van der Waals surface area (Å²) in [6.45, 7) is 0. The van der Waals surface area contributed by atoms with Crippen LogP contribution in [0.4, 0.5) is 11.4 Å². The molecule has 2 N–H and O–H groups in total. The van der Waals surface area contributed by atoms with E-state index < -0.39 is 10.6 Å². The van der Waals surface area contributed by atoms with E-state index in [0.29, 0.717) is 11.4 Å². The van der Waals surface area contributed by atoms with E-state index in [2.05, 4.69) is 4.98 Å². The van der Waals surface area contributed by atoms with Crippen LogP contribution < -0.4 is 10.5 Å². The van der Waals surface area contributed by atoms with Crippen LogP contribution in [0.1, 0.15) is 5.56 Å². The lowest BCUT2D eigenvalue weighted by Gasteiger charge is -2.06. The number of aromatic nitrogens is 1. The van der Waals surface area contributed by atoms with Crippen LogP contribution in [-0.2, 0) is 0 Å². The molecule has 19 heavy (non-hydrogen) atoms. The molecule has 94 valence electrons. The van der Waals surface area contributed by atoms with Crippen LogP contribution >= 0.6 is 0 Å². The van der Waals surface area contributed by atoms with Gasteiger partial charge < -0.3 is 10.5 Å². The number of ether oxygens (including phenoxy) is 1. The highest BCUT2D eigenvalue weighted by Crippen LogP contribution is 2.32. The molecule has 0 saturated carbocycles. The summed E-state index contributed by atoms with van der Waals surface area (Å²) in [5.41, 5.74) is 5.46. The Bertz CT molecular complexity index is 679. The molecule has 7 nitrogen and oxygen atoms in total. The molecule has 0 saturated heterocycles. The van der Waals surface area contributed by atoms with Gasteiger partial charge in [-0.3, -0.25) is 10.1 Å². The smallest absolute Gasteiger partial charge is 0.348 e. The lowest BCUT2D eigenvalue weighted by molar-refractivity contribution is -0.386. The third-order valence-electron chi connectivity index (χ3n) is 2.27. The van der Waals surface area contributed by atoms with Gasteiger partial charge in [-0.1, -0.05) is 6.07 Å². The highest BCUT2D eigenvalue weighted by atomic mass is 16.6. The third kappa shape index (κ3) is 2.58. The van der Waals surface area contributed by atoms with Gasteiger partial charge in [0, 0.05) is 18.0 Å². The quantitative estimate of drug-likeness (QED) is 0.511. The molecule has 1 heterocycles. The Hall–Kier alpha value is -3.14. The number of hydrogen-bond donors (Lipinski definition) is 1. The summed E-state index contributed by atoms with van der Waals surface area (Å²) >= 11 is 0. The first-order valence-electron chi connectivity index (χ1n) is 5.18. The first-order valence-corrected chi connectivity index (χ1v) is 5.18. The zero-order valence-electron chi connectivity index (χ0n) is 9.61. The number of anilines is 1. The summed E-state index contributed by atoms with van der Waals surface area (Å²) in [6, 6.07) is 9.37. The molecule has 0 amide bonds. The summed E-state index contributed by atoms with van der Waals surface area (Å²) in [4.78, 5) is 14.0. The zero-order valence-corrected chi connectivity index (χ0v) is 9.61. The van der Waals surface area contributed by atoms with Gasteiger partial charge in [-0.15, -0.1) is 0 Å². The Labute approximate surface area is 108 Å². The lowest BCUT2D eigenvalue weighted by Crippen LogP contribution is -1.99. The summed E-state index contributed by atoms with van der Waals surface area (Å²) in [5.74, 6) is 0.0698. The van der Waals surface area contributed by atoms with Crippen molar-refractivity contribution in [2.45, 2.75) is 0 Å². The number of hydrogen-bond acceptors (Lipinski definition) is 6. The number of nitrogen functional groups attached to an aromatic ring is 1. The summed E-state index contributed by atoms with van der Waals surface area (Å²) in [7, 11) is 0. The average Bonchev–Trinajstić information content (AvgIpc) is 2.38. The number of nitro groups is 1. The fourth-order valence-corrected chi connectivity index (χ4v) is 1.47. The van der Waals surface area contributed by atoms with Crippen molar-refractivity contribution in [3.05, 3.63) is 52.2 Å². The van der Waals surface area contributed by atoms with Crippen molar-refractivity contribution in [1.82, 2.24) is 4.98 Å². The largest absolute Gasteiger partial charge is 0.434 e. The van der Waals surface area contributed by atoms with Gasteiger partial charge in [-0.2, -0.15) is 5.26 Å². The van der Waals surface area contributed by atoms with E-state index in [1.54, 1.807) is 24.3 Å². The van der Waals surface area contributed by atoms with E-state index in [1.807, 2.05) is 0 Å².